The average molecular weight is 252 g/mol. The van der Waals surface area contributed by atoms with E-state index < -0.39 is 5.97 Å². The SMILES string of the molecule is CC(C)CC(Br)C(=O)NCC(=O)O. The van der Waals surface area contributed by atoms with Gasteiger partial charge in [0.2, 0.25) is 5.91 Å². The van der Waals surface area contributed by atoms with Crippen molar-refractivity contribution < 1.29 is 14.7 Å². The first-order valence-electron chi connectivity index (χ1n) is 4.07. The molecule has 0 spiro atoms. The van der Waals surface area contributed by atoms with Gasteiger partial charge in [0.25, 0.3) is 0 Å². The van der Waals surface area contributed by atoms with Crippen molar-refractivity contribution in [1.82, 2.24) is 5.32 Å². The number of carbonyl (C=O) groups excluding carboxylic acids is 1. The van der Waals surface area contributed by atoms with Gasteiger partial charge in [-0.15, -0.1) is 0 Å². The van der Waals surface area contributed by atoms with Gasteiger partial charge in [-0.2, -0.15) is 0 Å². The van der Waals surface area contributed by atoms with Gasteiger partial charge in [-0.3, -0.25) is 9.59 Å². The van der Waals surface area contributed by atoms with E-state index in [2.05, 4.69) is 21.2 Å². The van der Waals surface area contributed by atoms with E-state index in [9.17, 15) is 9.59 Å². The number of carboxylic acids is 1. The molecule has 0 aromatic carbocycles. The second kappa shape index (κ2) is 5.96. The number of nitrogens with one attached hydrogen (secondary N) is 1. The van der Waals surface area contributed by atoms with Gasteiger partial charge < -0.3 is 10.4 Å². The minimum Gasteiger partial charge on any atom is -0.480 e. The number of carbonyl (C=O) groups is 2. The van der Waals surface area contributed by atoms with Gasteiger partial charge in [-0.25, -0.2) is 0 Å². The molecule has 0 aliphatic rings. The van der Waals surface area contributed by atoms with Gasteiger partial charge >= 0.3 is 5.97 Å². The van der Waals surface area contributed by atoms with Gasteiger partial charge in [-0.1, -0.05) is 29.8 Å². The largest absolute Gasteiger partial charge is 0.480 e. The van der Waals surface area contributed by atoms with Crippen LogP contribution in [0.15, 0.2) is 0 Å². The van der Waals surface area contributed by atoms with Crippen LogP contribution in [-0.2, 0) is 9.59 Å². The van der Waals surface area contributed by atoms with Crippen molar-refractivity contribution in [3.8, 4) is 0 Å². The third-order valence-corrected chi connectivity index (χ3v) is 2.17. The fraction of sp³-hybridized carbons (Fsp3) is 0.750. The summed E-state index contributed by atoms with van der Waals surface area (Å²) in [5, 5.41) is 10.6. The van der Waals surface area contributed by atoms with E-state index in [4.69, 9.17) is 5.11 Å². The summed E-state index contributed by atoms with van der Waals surface area (Å²) in [5.41, 5.74) is 0. The quantitative estimate of drug-likeness (QED) is 0.717. The zero-order valence-electron chi connectivity index (χ0n) is 7.71. The zero-order valence-corrected chi connectivity index (χ0v) is 9.30. The normalized spacial score (nSPS) is 12.6. The fourth-order valence-corrected chi connectivity index (χ4v) is 1.70. The fourth-order valence-electron chi connectivity index (χ4n) is 0.794. The zero-order chi connectivity index (χ0) is 10.4. The van der Waals surface area contributed by atoms with Crippen LogP contribution in [-0.4, -0.2) is 28.4 Å². The Hall–Kier alpha value is -0.580. The van der Waals surface area contributed by atoms with Crippen LogP contribution in [0.5, 0.6) is 0 Å². The number of amides is 1. The van der Waals surface area contributed by atoms with E-state index in [1.807, 2.05) is 13.8 Å². The summed E-state index contributed by atoms with van der Waals surface area (Å²) in [5.74, 6) is -0.895. The maximum atomic E-state index is 11.2. The maximum Gasteiger partial charge on any atom is 0.322 e. The Morgan fingerprint density at radius 1 is 1.46 bits per heavy atom. The van der Waals surface area contributed by atoms with E-state index in [-0.39, 0.29) is 17.3 Å². The van der Waals surface area contributed by atoms with Crippen molar-refractivity contribution in [3.63, 3.8) is 0 Å². The van der Waals surface area contributed by atoms with Crippen LogP contribution in [0.1, 0.15) is 20.3 Å². The third-order valence-electron chi connectivity index (χ3n) is 1.38. The van der Waals surface area contributed by atoms with Crippen molar-refractivity contribution in [3.05, 3.63) is 0 Å². The van der Waals surface area contributed by atoms with Crippen LogP contribution >= 0.6 is 15.9 Å². The first-order chi connectivity index (χ1) is 5.93. The summed E-state index contributed by atoms with van der Waals surface area (Å²) in [7, 11) is 0. The van der Waals surface area contributed by atoms with Crippen molar-refractivity contribution in [2.75, 3.05) is 6.54 Å². The molecule has 0 aliphatic heterocycles. The highest BCUT2D eigenvalue weighted by molar-refractivity contribution is 9.10. The number of carboxylic acid groups (broad SMARTS) is 1. The molecule has 4 nitrogen and oxygen atoms in total. The predicted octanol–water partition coefficient (Wildman–Crippen LogP) is 0.997. The second-order valence-electron chi connectivity index (χ2n) is 3.21. The summed E-state index contributed by atoms with van der Waals surface area (Å²) in [6, 6.07) is 0. The molecule has 0 heterocycles. The lowest BCUT2D eigenvalue weighted by atomic mass is 10.1. The van der Waals surface area contributed by atoms with E-state index in [1.165, 1.54) is 0 Å². The molecule has 0 aliphatic carbocycles. The minimum atomic E-state index is -1.03. The summed E-state index contributed by atoms with van der Waals surface area (Å²) < 4.78 is 0. The van der Waals surface area contributed by atoms with Crippen molar-refractivity contribution in [1.29, 1.82) is 0 Å². The third kappa shape index (κ3) is 6.57. The molecule has 1 amide bonds. The molecule has 13 heavy (non-hydrogen) atoms. The van der Waals surface area contributed by atoms with Gasteiger partial charge in [0.1, 0.15) is 6.54 Å². The number of hydrogen-bond donors (Lipinski definition) is 2. The van der Waals surface area contributed by atoms with Crippen LogP contribution in [0.4, 0.5) is 0 Å². The lowest BCUT2D eigenvalue weighted by Gasteiger charge is -2.11. The predicted molar refractivity (Wildman–Crippen MR) is 52.8 cm³/mol. The van der Waals surface area contributed by atoms with Crippen LogP contribution in [0.2, 0.25) is 0 Å². The molecule has 0 saturated heterocycles. The molecule has 2 N–H and O–H groups in total. The lowest BCUT2D eigenvalue weighted by Crippen LogP contribution is -2.35. The standard InChI is InChI=1S/C8H14BrNO3/c1-5(2)3-6(9)8(13)10-4-7(11)12/h5-6H,3-4H2,1-2H3,(H,10,13)(H,11,12). The van der Waals surface area contributed by atoms with E-state index in [0.29, 0.717) is 12.3 Å². The summed E-state index contributed by atoms with van der Waals surface area (Å²) in [6.45, 7) is 3.68. The highest BCUT2D eigenvalue weighted by Crippen LogP contribution is 2.12. The van der Waals surface area contributed by atoms with Gasteiger partial charge in [0, 0.05) is 0 Å². The average Bonchev–Trinajstić information content (AvgIpc) is 1.98. The Morgan fingerprint density at radius 2 is 2.00 bits per heavy atom. The molecule has 1 unspecified atom stereocenters. The van der Waals surface area contributed by atoms with Crippen LogP contribution < -0.4 is 5.32 Å². The van der Waals surface area contributed by atoms with Crippen molar-refractivity contribution >= 4 is 27.8 Å². The molecule has 0 aromatic heterocycles. The smallest absolute Gasteiger partial charge is 0.322 e. The molecule has 0 radical (unpaired) electrons. The molecule has 76 valence electrons. The molecule has 0 saturated carbocycles. The monoisotopic (exact) mass is 251 g/mol. The van der Waals surface area contributed by atoms with E-state index >= 15 is 0 Å². The Labute approximate surface area is 85.8 Å². The highest BCUT2D eigenvalue weighted by atomic mass is 79.9. The first-order valence-corrected chi connectivity index (χ1v) is 4.98. The maximum absolute atomic E-state index is 11.2. The van der Waals surface area contributed by atoms with E-state index in [0.717, 1.165) is 0 Å². The number of rotatable bonds is 5. The molecule has 0 fully saturated rings. The molecule has 5 heteroatoms. The van der Waals surface area contributed by atoms with Gasteiger partial charge in [-0.05, 0) is 12.3 Å². The van der Waals surface area contributed by atoms with Crippen LogP contribution in [0.25, 0.3) is 0 Å². The number of aliphatic carboxylic acids is 1. The van der Waals surface area contributed by atoms with Crippen LogP contribution in [0, 0.1) is 5.92 Å². The van der Waals surface area contributed by atoms with Gasteiger partial charge in [0.15, 0.2) is 0 Å². The lowest BCUT2D eigenvalue weighted by molar-refractivity contribution is -0.137. The first kappa shape index (κ1) is 12.4. The molecule has 0 aromatic rings. The Morgan fingerprint density at radius 3 is 2.38 bits per heavy atom. The molecular weight excluding hydrogens is 238 g/mol. The van der Waals surface area contributed by atoms with Crippen LogP contribution in [0.3, 0.4) is 0 Å². The molecule has 0 rings (SSSR count). The minimum absolute atomic E-state index is 0.267. The topological polar surface area (TPSA) is 66.4 Å². The summed E-state index contributed by atoms with van der Waals surface area (Å²) >= 11 is 3.19. The molecule has 1 atom stereocenters. The number of alkyl halides is 1. The molecule has 0 bridgehead atoms. The second-order valence-corrected chi connectivity index (χ2v) is 4.31. The molecular formula is C8H14BrNO3. The Bertz CT molecular complexity index is 194. The van der Waals surface area contributed by atoms with Crippen molar-refractivity contribution in [2.45, 2.75) is 25.1 Å². The Balaban J connectivity index is 3.76. The summed E-state index contributed by atoms with van der Waals surface area (Å²) in [4.78, 5) is 21.0. The Kier molecular flexibility index (Phi) is 5.70. The number of hydrogen-bond acceptors (Lipinski definition) is 2. The van der Waals surface area contributed by atoms with E-state index in [1.54, 1.807) is 0 Å². The van der Waals surface area contributed by atoms with Gasteiger partial charge in [0.05, 0.1) is 4.83 Å². The van der Waals surface area contributed by atoms with Crippen molar-refractivity contribution in [2.24, 2.45) is 5.92 Å². The summed E-state index contributed by atoms with van der Waals surface area (Å²) in [6.07, 6.45) is 0.700. The number of halogens is 1. The highest BCUT2D eigenvalue weighted by Gasteiger charge is 2.16.